The number of halogens is 1. The number of nitrogen functional groups attached to an aromatic ring is 1. The molecule has 7 heteroatoms. The van der Waals surface area contributed by atoms with E-state index < -0.39 is 0 Å². The zero-order chi connectivity index (χ0) is 13.8. The van der Waals surface area contributed by atoms with Crippen molar-refractivity contribution >= 4 is 23.2 Å². The summed E-state index contributed by atoms with van der Waals surface area (Å²) in [5.41, 5.74) is 7.32. The lowest BCUT2D eigenvalue weighted by Gasteiger charge is -2.06. The summed E-state index contributed by atoms with van der Waals surface area (Å²) < 4.78 is 1.72. The number of anilines is 1. The van der Waals surface area contributed by atoms with Crippen molar-refractivity contribution < 1.29 is 4.79 Å². The lowest BCUT2D eigenvalue weighted by molar-refractivity contribution is 0.0954. The van der Waals surface area contributed by atoms with E-state index >= 15 is 0 Å². The fraction of sp³-hybridized carbons (Fsp3) is 0.250. The molecular weight excluding hydrogens is 266 g/mol. The molecular formula is C12H14ClN5O. The summed E-state index contributed by atoms with van der Waals surface area (Å²) in [6, 6.07) is 1.51. The predicted octanol–water partition coefficient (Wildman–Crippen LogP) is 1.02. The molecule has 2 aromatic heterocycles. The molecule has 2 heterocycles. The van der Waals surface area contributed by atoms with Gasteiger partial charge in [-0.1, -0.05) is 11.6 Å². The number of aromatic nitrogens is 3. The number of pyridine rings is 1. The highest BCUT2D eigenvalue weighted by atomic mass is 35.5. The van der Waals surface area contributed by atoms with Gasteiger partial charge in [-0.05, 0) is 18.1 Å². The fourth-order valence-electron chi connectivity index (χ4n) is 1.64. The van der Waals surface area contributed by atoms with Crippen LogP contribution in [0.1, 0.15) is 15.9 Å². The minimum absolute atomic E-state index is 0.146. The number of carbonyl (C=O) groups excluding carboxylic acids is 1. The van der Waals surface area contributed by atoms with Gasteiger partial charge >= 0.3 is 0 Å². The van der Waals surface area contributed by atoms with E-state index in [1.54, 1.807) is 10.9 Å². The molecule has 0 saturated carbocycles. The van der Waals surface area contributed by atoms with Crippen LogP contribution in [0.3, 0.4) is 0 Å². The zero-order valence-corrected chi connectivity index (χ0v) is 11.2. The Morgan fingerprint density at radius 1 is 1.53 bits per heavy atom. The van der Waals surface area contributed by atoms with Crippen LogP contribution >= 0.6 is 11.6 Å². The van der Waals surface area contributed by atoms with E-state index in [1.165, 1.54) is 12.3 Å². The van der Waals surface area contributed by atoms with Gasteiger partial charge in [-0.15, -0.1) is 0 Å². The Labute approximate surface area is 115 Å². The zero-order valence-electron chi connectivity index (χ0n) is 10.4. The number of nitrogens with zero attached hydrogens (tertiary/aromatic N) is 3. The van der Waals surface area contributed by atoms with E-state index in [4.69, 9.17) is 17.3 Å². The molecule has 0 spiro atoms. The highest BCUT2D eigenvalue weighted by molar-refractivity contribution is 6.32. The molecule has 0 aliphatic rings. The summed E-state index contributed by atoms with van der Waals surface area (Å²) in [4.78, 5) is 15.7. The largest absolute Gasteiger partial charge is 0.397 e. The number of hydrogen-bond acceptors (Lipinski definition) is 4. The minimum Gasteiger partial charge on any atom is -0.397 e. The average Bonchev–Trinajstić information content (AvgIpc) is 2.78. The average molecular weight is 280 g/mol. The Morgan fingerprint density at radius 2 is 2.32 bits per heavy atom. The van der Waals surface area contributed by atoms with Gasteiger partial charge in [0.1, 0.15) is 5.15 Å². The third-order valence-electron chi connectivity index (χ3n) is 2.56. The van der Waals surface area contributed by atoms with Gasteiger partial charge in [0.15, 0.2) is 0 Å². The molecule has 0 fully saturated rings. The Morgan fingerprint density at radius 3 is 3.00 bits per heavy atom. The van der Waals surface area contributed by atoms with Crippen molar-refractivity contribution in [1.82, 2.24) is 20.1 Å². The minimum atomic E-state index is -0.284. The van der Waals surface area contributed by atoms with Crippen LogP contribution in [0, 0.1) is 0 Å². The molecule has 0 aliphatic carbocycles. The van der Waals surface area contributed by atoms with Crippen LogP contribution in [0.5, 0.6) is 0 Å². The summed E-state index contributed by atoms with van der Waals surface area (Å²) in [5.74, 6) is -0.284. The molecule has 0 bridgehead atoms. The van der Waals surface area contributed by atoms with E-state index in [0.717, 1.165) is 5.56 Å². The number of nitrogens with one attached hydrogen (secondary N) is 1. The highest BCUT2D eigenvalue weighted by Crippen LogP contribution is 2.15. The summed E-state index contributed by atoms with van der Waals surface area (Å²) in [7, 11) is 1.85. The van der Waals surface area contributed by atoms with Gasteiger partial charge in [-0.3, -0.25) is 9.48 Å². The Hall–Kier alpha value is -2.08. The molecule has 0 saturated heterocycles. The first kappa shape index (κ1) is 13.4. The molecule has 0 atom stereocenters. The van der Waals surface area contributed by atoms with E-state index in [2.05, 4.69) is 15.4 Å². The van der Waals surface area contributed by atoms with Crippen molar-refractivity contribution in [2.45, 2.75) is 6.42 Å². The SMILES string of the molecule is Cn1cc(CCNC(=O)c2cc(N)cnc2Cl)cn1. The lowest BCUT2D eigenvalue weighted by Crippen LogP contribution is -2.26. The molecule has 0 aliphatic heterocycles. The van der Waals surface area contributed by atoms with Crippen LogP contribution in [0.4, 0.5) is 5.69 Å². The van der Waals surface area contributed by atoms with E-state index in [1.807, 2.05) is 13.2 Å². The van der Waals surface area contributed by atoms with Gasteiger partial charge < -0.3 is 11.1 Å². The molecule has 100 valence electrons. The second-order valence-corrected chi connectivity index (χ2v) is 4.49. The quantitative estimate of drug-likeness (QED) is 0.818. The van der Waals surface area contributed by atoms with Crippen molar-refractivity contribution in [3.8, 4) is 0 Å². The Balaban J connectivity index is 1.92. The normalized spacial score (nSPS) is 10.4. The molecule has 1 amide bonds. The third-order valence-corrected chi connectivity index (χ3v) is 2.86. The van der Waals surface area contributed by atoms with E-state index in [0.29, 0.717) is 18.7 Å². The first-order valence-corrected chi connectivity index (χ1v) is 6.11. The smallest absolute Gasteiger partial charge is 0.254 e. The monoisotopic (exact) mass is 279 g/mol. The maximum absolute atomic E-state index is 11.9. The third kappa shape index (κ3) is 3.45. The van der Waals surface area contributed by atoms with E-state index in [-0.39, 0.29) is 16.6 Å². The maximum atomic E-state index is 11.9. The van der Waals surface area contributed by atoms with Gasteiger partial charge in [-0.25, -0.2) is 4.98 Å². The van der Waals surface area contributed by atoms with Gasteiger partial charge in [0.05, 0.1) is 23.6 Å². The van der Waals surface area contributed by atoms with Crippen molar-refractivity contribution in [3.05, 3.63) is 40.9 Å². The first-order valence-electron chi connectivity index (χ1n) is 5.73. The van der Waals surface area contributed by atoms with Crippen LogP contribution in [0.2, 0.25) is 5.15 Å². The number of nitrogens with two attached hydrogens (primary N) is 1. The Kier molecular flexibility index (Phi) is 4.01. The Bertz CT molecular complexity index is 596. The van der Waals surface area contributed by atoms with Crippen LogP contribution in [-0.4, -0.2) is 27.2 Å². The molecule has 0 aromatic carbocycles. The predicted molar refractivity (Wildman–Crippen MR) is 72.9 cm³/mol. The van der Waals surface area contributed by atoms with Crippen LogP contribution < -0.4 is 11.1 Å². The second kappa shape index (κ2) is 5.71. The molecule has 2 rings (SSSR count). The van der Waals surface area contributed by atoms with Crippen molar-refractivity contribution in [2.75, 3.05) is 12.3 Å². The number of carbonyl (C=O) groups is 1. The standard InChI is InChI=1S/C12H14ClN5O/c1-18-7-8(5-17-18)2-3-15-12(19)10-4-9(14)6-16-11(10)13/h4-7H,2-3,14H2,1H3,(H,15,19). The first-order chi connectivity index (χ1) is 9.06. The maximum Gasteiger partial charge on any atom is 0.254 e. The molecule has 19 heavy (non-hydrogen) atoms. The van der Waals surface area contributed by atoms with Crippen LogP contribution in [0.15, 0.2) is 24.7 Å². The van der Waals surface area contributed by atoms with E-state index in [9.17, 15) is 4.79 Å². The van der Waals surface area contributed by atoms with Gasteiger partial charge in [-0.2, -0.15) is 5.10 Å². The van der Waals surface area contributed by atoms with Crippen molar-refractivity contribution in [2.24, 2.45) is 7.05 Å². The van der Waals surface area contributed by atoms with Gasteiger partial charge in [0.25, 0.3) is 5.91 Å². The number of amides is 1. The number of rotatable bonds is 4. The molecule has 2 aromatic rings. The highest BCUT2D eigenvalue weighted by Gasteiger charge is 2.11. The molecule has 3 N–H and O–H groups in total. The second-order valence-electron chi connectivity index (χ2n) is 4.14. The number of hydrogen-bond donors (Lipinski definition) is 2. The van der Waals surface area contributed by atoms with Crippen LogP contribution in [0.25, 0.3) is 0 Å². The molecule has 6 nitrogen and oxygen atoms in total. The molecule has 0 radical (unpaired) electrons. The fourth-order valence-corrected chi connectivity index (χ4v) is 1.83. The topological polar surface area (TPSA) is 85.8 Å². The van der Waals surface area contributed by atoms with Gasteiger partial charge in [0, 0.05) is 19.8 Å². The summed E-state index contributed by atoms with van der Waals surface area (Å²) >= 11 is 5.85. The summed E-state index contributed by atoms with van der Waals surface area (Å²) in [6.07, 6.45) is 5.78. The number of aryl methyl sites for hydroxylation is 1. The van der Waals surface area contributed by atoms with Crippen molar-refractivity contribution in [1.29, 1.82) is 0 Å². The lowest BCUT2D eigenvalue weighted by atomic mass is 10.2. The van der Waals surface area contributed by atoms with Gasteiger partial charge in [0.2, 0.25) is 0 Å². The summed E-state index contributed by atoms with van der Waals surface area (Å²) in [6.45, 7) is 0.496. The summed E-state index contributed by atoms with van der Waals surface area (Å²) in [5, 5.41) is 6.97. The van der Waals surface area contributed by atoms with Crippen molar-refractivity contribution in [3.63, 3.8) is 0 Å². The molecule has 0 unspecified atom stereocenters. The van der Waals surface area contributed by atoms with Crippen LogP contribution in [-0.2, 0) is 13.5 Å².